The predicted octanol–water partition coefficient (Wildman–Crippen LogP) is 3.20. The Labute approximate surface area is 113 Å². The molecule has 0 amide bonds. The highest BCUT2D eigenvalue weighted by atomic mass is 35.5. The quantitative estimate of drug-likeness (QED) is 0.811. The molecule has 4 heteroatoms. The van der Waals surface area contributed by atoms with Crippen LogP contribution < -0.4 is 5.32 Å². The van der Waals surface area contributed by atoms with Gasteiger partial charge in [0, 0.05) is 36.9 Å². The molecule has 0 radical (unpaired) electrons. The molecular weight excluding hydrogens is 246 g/mol. The highest BCUT2D eigenvalue weighted by Crippen LogP contribution is 2.13. The second-order valence-corrected chi connectivity index (χ2v) is 4.75. The number of rotatable bonds is 6. The Morgan fingerprint density at radius 2 is 2.22 bits per heavy atom. The Morgan fingerprint density at radius 3 is 2.94 bits per heavy atom. The summed E-state index contributed by atoms with van der Waals surface area (Å²) in [6.07, 6.45) is 5.95. The summed E-state index contributed by atoms with van der Waals surface area (Å²) in [5.41, 5.74) is 3.65. The van der Waals surface area contributed by atoms with Crippen molar-refractivity contribution in [2.75, 3.05) is 11.2 Å². The SMILES string of the molecule is Cn1cc(CNc2cccc(CCCCl)c2)cn1. The fraction of sp³-hybridized carbons (Fsp3) is 0.357. The number of halogens is 1. The Morgan fingerprint density at radius 1 is 1.33 bits per heavy atom. The summed E-state index contributed by atoms with van der Waals surface area (Å²) < 4.78 is 1.81. The summed E-state index contributed by atoms with van der Waals surface area (Å²) in [6.45, 7) is 0.798. The van der Waals surface area contributed by atoms with Crippen LogP contribution in [0.1, 0.15) is 17.5 Å². The van der Waals surface area contributed by atoms with Gasteiger partial charge in [0.15, 0.2) is 0 Å². The van der Waals surface area contributed by atoms with E-state index in [4.69, 9.17) is 11.6 Å². The van der Waals surface area contributed by atoms with E-state index in [0.717, 1.165) is 25.1 Å². The molecule has 0 fully saturated rings. The van der Waals surface area contributed by atoms with Gasteiger partial charge in [-0.1, -0.05) is 12.1 Å². The zero-order valence-corrected chi connectivity index (χ0v) is 11.3. The second-order valence-electron chi connectivity index (χ2n) is 4.37. The summed E-state index contributed by atoms with van der Waals surface area (Å²) in [5, 5.41) is 7.55. The van der Waals surface area contributed by atoms with Gasteiger partial charge in [-0.2, -0.15) is 5.10 Å². The molecular formula is C14H18ClN3. The van der Waals surface area contributed by atoms with Crippen molar-refractivity contribution in [2.24, 2.45) is 7.05 Å². The predicted molar refractivity (Wildman–Crippen MR) is 76.0 cm³/mol. The molecule has 0 saturated heterocycles. The standard InChI is InChI=1S/C14H18ClN3/c1-18-11-13(10-17-18)9-16-14-6-2-4-12(8-14)5-3-7-15/h2,4,6,8,10-11,16H,3,5,7,9H2,1H3. The maximum Gasteiger partial charge on any atom is 0.0539 e. The van der Waals surface area contributed by atoms with Crippen LogP contribution in [0.3, 0.4) is 0 Å². The molecule has 0 aliphatic carbocycles. The molecule has 96 valence electrons. The summed E-state index contributed by atoms with van der Waals surface area (Å²) in [5.74, 6) is 0.716. The number of hydrogen-bond donors (Lipinski definition) is 1. The van der Waals surface area contributed by atoms with Crippen LogP contribution in [-0.2, 0) is 20.0 Å². The minimum absolute atomic E-state index is 0.716. The van der Waals surface area contributed by atoms with Gasteiger partial charge in [0.2, 0.25) is 0 Å². The molecule has 0 unspecified atom stereocenters. The number of hydrogen-bond acceptors (Lipinski definition) is 2. The first-order valence-corrected chi connectivity index (χ1v) is 6.67. The van der Waals surface area contributed by atoms with E-state index in [9.17, 15) is 0 Å². The first-order chi connectivity index (χ1) is 8.78. The Kier molecular flexibility index (Phi) is 4.65. The number of aromatic nitrogens is 2. The first-order valence-electron chi connectivity index (χ1n) is 6.14. The van der Waals surface area contributed by atoms with Crippen LogP contribution in [0.2, 0.25) is 0 Å². The Balaban J connectivity index is 1.92. The van der Waals surface area contributed by atoms with Gasteiger partial charge in [-0.3, -0.25) is 4.68 Å². The van der Waals surface area contributed by atoms with Crippen LogP contribution in [0.5, 0.6) is 0 Å². The summed E-state index contributed by atoms with van der Waals surface area (Å²) in [6, 6.07) is 8.49. The fourth-order valence-corrected chi connectivity index (χ4v) is 2.01. The van der Waals surface area contributed by atoms with E-state index >= 15 is 0 Å². The molecule has 0 spiro atoms. The van der Waals surface area contributed by atoms with E-state index < -0.39 is 0 Å². The number of benzene rings is 1. The average molecular weight is 264 g/mol. The first kappa shape index (κ1) is 13.0. The lowest BCUT2D eigenvalue weighted by Crippen LogP contribution is -1.99. The van der Waals surface area contributed by atoms with Crippen molar-refractivity contribution in [3.63, 3.8) is 0 Å². The van der Waals surface area contributed by atoms with Gasteiger partial charge in [0.1, 0.15) is 0 Å². The Hall–Kier alpha value is -1.48. The highest BCUT2D eigenvalue weighted by molar-refractivity contribution is 6.17. The van der Waals surface area contributed by atoms with Crippen LogP contribution >= 0.6 is 11.6 Å². The van der Waals surface area contributed by atoms with Crippen LogP contribution in [0, 0.1) is 0 Å². The second kappa shape index (κ2) is 6.45. The maximum atomic E-state index is 5.71. The molecule has 18 heavy (non-hydrogen) atoms. The number of alkyl halides is 1. The molecule has 2 aromatic rings. The molecule has 1 N–H and O–H groups in total. The smallest absolute Gasteiger partial charge is 0.0539 e. The number of aryl methyl sites for hydroxylation is 2. The van der Waals surface area contributed by atoms with E-state index in [0.29, 0.717) is 5.88 Å². The third-order valence-electron chi connectivity index (χ3n) is 2.78. The number of nitrogens with zero attached hydrogens (tertiary/aromatic N) is 2. The largest absolute Gasteiger partial charge is 0.381 e. The average Bonchev–Trinajstić information content (AvgIpc) is 2.80. The molecule has 1 heterocycles. The van der Waals surface area contributed by atoms with E-state index in [2.05, 4.69) is 34.7 Å². The summed E-state index contributed by atoms with van der Waals surface area (Å²) in [4.78, 5) is 0. The van der Waals surface area contributed by atoms with Crippen molar-refractivity contribution >= 4 is 17.3 Å². The van der Waals surface area contributed by atoms with Crippen molar-refractivity contribution in [2.45, 2.75) is 19.4 Å². The van der Waals surface area contributed by atoms with Gasteiger partial charge < -0.3 is 5.32 Å². The third kappa shape index (κ3) is 3.77. The molecule has 1 aromatic heterocycles. The van der Waals surface area contributed by atoms with Gasteiger partial charge in [0.25, 0.3) is 0 Å². The zero-order valence-electron chi connectivity index (χ0n) is 10.6. The lowest BCUT2D eigenvalue weighted by atomic mass is 10.1. The Bertz CT molecular complexity index is 493. The summed E-state index contributed by atoms with van der Waals surface area (Å²) in [7, 11) is 1.93. The molecule has 0 aliphatic heterocycles. The zero-order chi connectivity index (χ0) is 12.8. The van der Waals surface area contributed by atoms with Crippen molar-refractivity contribution in [3.8, 4) is 0 Å². The lowest BCUT2D eigenvalue weighted by Gasteiger charge is -2.07. The minimum Gasteiger partial charge on any atom is -0.381 e. The number of nitrogens with one attached hydrogen (secondary N) is 1. The van der Waals surface area contributed by atoms with Gasteiger partial charge in [0.05, 0.1) is 6.20 Å². The van der Waals surface area contributed by atoms with Crippen molar-refractivity contribution < 1.29 is 0 Å². The maximum absolute atomic E-state index is 5.71. The molecule has 0 atom stereocenters. The molecule has 2 rings (SSSR count). The van der Waals surface area contributed by atoms with E-state index in [-0.39, 0.29) is 0 Å². The summed E-state index contributed by atoms with van der Waals surface area (Å²) >= 11 is 5.71. The third-order valence-corrected chi connectivity index (χ3v) is 3.05. The monoisotopic (exact) mass is 263 g/mol. The highest BCUT2D eigenvalue weighted by Gasteiger charge is 1.98. The van der Waals surface area contributed by atoms with E-state index in [1.807, 2.05) is 24.1 Å². The molecule has 3 nitrogen and oxygen atoms in total. The molecule has 0 bridgehead atoms. The topological polar surface area (TPSA) is 29.9 Å². The van der Waals surface area contributed by atoms with Crippen molar-refractivity contribution in [1.29, 1.82) is 0 Å². The van der Waals surface area contributed by atoms with Crippen LogP contribution in [0.25, 0.3) is 0 Å². The fourth-order valence-electron chi connectivity index (χ4n) is 1.88. The van der Waals surface area contributed by atoms with Gasteiger partial charge in [-0.05, 0) is 30.5 Å². The molecule has 1 aromatic carbocycles. The van der Waals surface area contributed by atoms with Gasteiger partial charge in [-0.25, -0.2) is 0 Å². The van der Waals surface area contributed by atoms with Crippen LogP contribution in [-0.4, -0.2) is 15.7 Å². The lowest BCUT2D eigenvalue weighted by molar-refractivity contribution is 0.767. The van der Waals surface area contributed by atoms with Crippen molar-refractivity contribution in [3.05, 3.63) is 47.8 Å². The van der Waals surface area contributed by atoms with E-state index in [1.54, 1.807) is 0 Å². The molecule has 0 saturated carbocycles. The number of anilines is 1. The van der Waals surface area contributed by atoms with Gasteiger partial charge in [-0.15, -0.1) is 11.6 Å². The van der Waals surface area contributed by atoms with Gasteiger partial charge >= 0.3 is 0 Å². The van der Waals surface area contributed by atoms with Crippen LogP contribution in [0.4, 0.5) is 5.69 Å². The van der Waals surface area contributed by atoms with Crippen LogP contribution in [0.15, 0.2) is 36.7 Å². The minimum atomic E-state index is 0.716. The molecule has 0 aliphatic rings. The normalized spacial score (nSPS) is 10.6. The van der Waals surface area contributed by atoms with Crippen molar-refractivity contribution in [1.82, 2.24) is 9.78 Å². The van der Waals surface area contributed by atoms with E-state index in [1.165, 1.54) is 11.1 Å².